The van der Waals surface area contributed by atoms with Crippen molar-refractivity contribution in [3.8, 4) is 0 Å². The minimum absolute atomic E-state index is 0. The highest BCUT2D eigenvalue weighted by molar-refractivity contribution is 4.79. The molecule has 0 rings (SSSR count). The number of hydrogen-bond acceptors (Lipinski definition) is 0. The molecule has 0 aromatic carbocycles. The van der Waals surface area contributed by atoms with E-state index in [1.807, 2.05) is 0 Å². The third kappa shape index (κ3) is 12.8. The van der Waals surface area contributed by atoms with Gasteiger partial charge in [-0.3, -0.25) is 0 Å². The maximum Gasteiger partial charge on any atom is -0.0351 e. The van der Waals surface area contributed by atoms with Crippen molar-refractivity contribution in [1.82, 2.24) is 0 Å². The van der Waals surface area contributed by atoms with Gasteiger partial charge in [0.2, 0.25) is 0 Å². The van der Waals surface area contributed by atoms with Crippen LogP contribution in [0.5, 0.6) is 0 Å². The summed E-state index contributed by atoms with van der Waals surface area (Å²) >= 11 is 0. The molecule has 11 heavy (non-hydrogen) atoms. The van der Waals surface area contributed by atoms with Crippen LogP contribution in [0.1, 0.15) is 52.4 Å². The van der Waals surface area contributed by atoms with Gasteiger partial charge in [0.05, 0.1) is 0 Å². The molecule has 0 atom stereocenters. The molecule has 0 saturated carbocycles. The van der Waals surface area contributed by atoms with Crippen LogP contribution in [0.3, 0.4) is 0 Å². The minimum Gasteiger partial charge on any atom is -0.412 e. The monoisotopic (exact) mass is 158 g/mol. The molecule has 0 aliphatic heterocycles. The predicted octanol–water partition coefficient (Wildman–Crippen LogP) is 3.10. The van der Waals surface area contributed by atoms with Gasteiger partial charge in [0, 0.05) is 0 Å². The SMILES string of the molecule is CCC=CCCCCCC.O. The molecular formula is C10H22O. The lowest BCUT2D eigenvalue weighted by atomic mass is 10.1. The zero-order valence-corrected chi connectivity index (χ0v) is 7.90. The Morgan fingerprint density at radius 3 is 2.18 bits per heavy atom. The highest BCUT2D eigenvalue weighted by Gasteiger charge is 1.82. The summed E-state index contributed by atoms with van der Waals surface area (Å²) in [5.41, 5.74) is 0. The van der Waals surface area contributed by atoms with E-state index < -0.39 is 0 Å². The molecule has 0 aromatic rings. The Morgan fingerprint density at radius 1 is 0.909 bits per heavy atom. The van der Waals surface area contributed by atoms with Gasteiger partial charge in [0.15, 0.2) is 0 Å². The average Bonchev–Trinajstić information content (AvgIpc) is 1.97. The topological polar surface area (TPSA) is 31.5 Å². The summed E-state index contributed by atoms with van der Waals surface area (Å²) in [6.07, 6.45) is 12.6. The fraction of sp³-hybridized carbons (Fsp3) is 0.800. The van der Waals surface area contributed by atoms with Crippen LogP contribution in [0.25, 0.3) is 0 Å². The molecule has 1 heteroatoms. The molecule has 68 valence electrons. The molecule has 0 unspecified atom stereocenters. The zero-order valence-electron chi connectivity index (χ0n) is 7.90. The predicted molar refractivity (Wildman–Crippen MR) is 51.8 cm³/mol. The van der Waals surface area contributed by atoms with Crippen LogP contribution in [0.15, 0.2) is 12.2 Å². The van der Waals surface area contributed by atoms with Crippen LogP contribution in [0.2, 0.25) is 0 Å². The number of rotatable bonds is 6. The quantitative estimate of drug-likeness (QED) is 0.420. The Hall–Kier alpha value is -0.300. The van der Waals surface area contributed by atoms with Crippen LogP contribution < -0.4 is 0 Å². The van der Waals surface area contributed by atoms with Crippen LogP contribution in [-0.4, -0.2) is 5.48 Å². The fourth-order valence-corrected chi connectivity index (χ4v) is 0.973. The van der Waals surface area contributed by atoms with E-state index in [1.54, 1.807) is 0 Å². The van der Waals surface area contributed by atoms with Gasteiger partial charge in [-0.2, -0.15) is 0 Å². The van der Waals surface area contributed by atoms with Gasteiger partial charge in [0.25, 0.3) is 0 Å². The summed E-state index contributed by atoms with van der Waals surface area (Å²) in [4.78, 5) is 0. The van der Waals surface area contributed by atoms with Gasteiger partial charge in [-0.05, 0) is 19.3 Å². The van der Waals surface area contributed by atoms with Gasteiger partial charge in [-0.25, -0.2) is 0 Å². The second kappa shape index (κ2) is 12.4. The molecular weight excluding hydrogens is 136 g/mol. The van der Waals surface area contributed by atoms with Gasteiger partial charge < -0.3 is 5.48 Å². The first kappa shape index (κ1) is 13.3. The number of hydrogen-bond donors (Lipinski definition) is 0. The molecule has 0 spiro atoms. The van der Waals surface area contributed by atoms with Gasteiger partial charge in [-0.1, -0.05) is 45.3 Å². The average molecular weight is 158 g/mol. The van der Waals surface area contributed by atoms with Crippen molar-refractivity contribution < 1.29 is 5.48 Å². The summed E-state index contributed by atoms with van der Waals surface area (Å²) in [5, 5.41) is 0. The largest absolute Gasteiger partial charge is 0.412 e. The van der Waals surface area contributed by atoms with Gasteiger partial charge in [0.1, 0.15) is 0 Å². The van der Waals surface area contributed by atoms with Crippen molar-refractivity contribution in [3.63, 3.8) is 0 Å². The van der Waals surface area contributed by atoms with Crippen molar-refractivity contribution in [2.45, 2.75) is 52.4 Å². The lowest BCUT2D eigenvalue weighted by Gasteiger charge is -1.92. The molecule has 0 heterocycles. The second-order valence-corrected chi connectivity index (χ2v) is 2.73. The molecule has 0 aromatic heterocycles. The van der Waals surface area contributed by atoms with Crippen LogP contribution >= 0.6 is 0 Å². The molecule has 2 N–H and O–H groups in total. The third-order valence-corrected chi connectivity index (χ3v) is 1.63. The Kier molecular flexibility index (Phi) is 15.0. The van der Waals surface area contributed by atoms with E-state index in [0.717, 1.165) is 0 Å². The van der Waals surface area contributed by atoms with E-state index in [2.05, 4.69) is 26.0 Å². The standard InChI is InChI=1S/C10H20.H2O/c1-3-5-7-9-10-8-6-4-2;/h5,7H,3-4,6,8-10H2,1-2H3;1H2. The highest BCUT2D eigenvalue weighted by atomic mass is 16.0. The third-order valence-electron chi connectivity index (χ3n) is 1.63. The molecule has 1 nitrogen and oxygen atoms in total. The summed E-state index contributed by atoms with van der Waals surface area (Å²) in [6.45, 7) is 4.43. The first-order chi connectivity index (χ1) is 4.91. The molecule has 0 fully saturated rings. The zero-order chi connectivity index (χ0) is 7.66. The fourth-order valence-electron chi connectivity index (χ4n) is 0.973. The number of allylic oxidation sites excluding steroid dienone is 2. The van der Waals surface area contributed by atoms with E-state index in [4.69, 9.17) is 0 Å². The molecule has 0 bridgehead atoms. The molecule has 0 aliphatic carbocycles. The molecule has 0 amide bonds. The van der Waals surface area contributed by atoms with Crippen LogP contribution in [-0.2, 0) is 0 Å². The van der Waals surface area contributed by atoms with Crippen LogP contribution in [0, 0.1) is 0 Å². The van der Waals surface area contributed by atoms with Crippen molar-refractivity contribution in [1.29, 1.82) is 0 Å². The Balaban J connectivity index is 0. The highest BCUT2D eigenvalue weighted by Crippen LogP contribution is 2.02. The van der Waals surface area contributed by atoms with Gasteiger partial charge in [-0.15, -0.1) is 0 Å². The van der Waals surface area contributed by atoms with Crippen molar-refractivity contribution in [3.05, 3.63) is 12.2 Å². The summed E-state index contributed by atoms with van der Waals surface area (Å²) in [7, 11) is 0. The van der Waals surface area contributed by atoms with Crippen molar-refractivity contribution in [2.24, 2.45) is 0 Å². The van der Waals surface area contributed by atoms with Crippen LogP contribution in [0.4, 0.5) is 0 Å². The summed E-state index contributed by atoms with van der Waals surface area (Å²) in [5.74, 6) is 0. The van der Waals surface area contributed by atoms with E-state index in [0.29, 0.717) is 0 Å². The van der Waals surface area contributed by atoms with E-state index in [-0.39, 0.29) is 5.48 Å². The first-order valence-electron chi connectivity index (χ1n) is 4.56. The molecule has 0 aliphatic rings. The maximum atomic E-state index is 2.30. The van der Waals surface area contributed by atoms with E-state index in [1.165, 1.54) is 38.5 Å². The maximum absolute atomic E-state index is 2.30. The molecule has 0 radical (unpaired) electrons. The summed E-state index contributed by atoms with van der Waals surface area (Å²) < 4.78 is 0. The number of unbranched alkanes of at least 4 members (excludes halogenated alkanes) is 4. The Labute approximate surface area is 70.8 Å². The second-order valence-electron chi connectivity index (χ2n) is 2.73. The van der Waals surface area contributed by atoms with E-state index in [9.17, 15) is 0 Å². The lowest BCUT2D eigenvalue weighted by molar-refractivity contribution is 0.674. The first-order valence-corrected chi connectivity index (χ1v) is 4.56. The Morgan fingerprint density at radius 2 is 1.64 bits per heavy atom. The Bertz CT molecular complexity index is 76.9. The van der Waals surface area contributed by atoms with E-state index >= 15 is 0 Å². The van der Waals surface area contributed by atoms with Crippen molar-refractivity contribution in [2.75, 3.05) is 0 Å². The normalized spacial score (nSPS) is 10.0. The van der Waals surface area contributed by atoms with Crippen molar-refractivity contribution >= 4 is 0 Å². The smallest absolute Gasteiger partial charge is 0.0351 e. The van der Waals surface area contributed by atoms with Gasteiger partial charge >= 0.3 is 0 Å². The molecule has 0 saturated heterocycles. The lowest BCUT2D eigenvalue weighted by Crippen LogP contribution is -1.73. The minimum atomic E-state index is 0. The summed E-state index contributed by atoms with van der Waals surface area (Å²) in [6, 6.07) is 0.